The number of hydrogen-bond donors (Lipinski definition) is 1. The molecule has 1 aliphatic rings. The molecule has 6 heteroatoms. The normalized spacial score (nSPS) is 12.8. The number of likely N-dealkylation sites (N-methyl/N-ethyl adjacent to an activating group) is 1. The van der Waals surface area contributed by atoms with Crippen LogP contribution < -0.4 is 9.80 Å². The largest absolute Gasteiger partial charge is 0.465 e. The third-order valence-corrected chi connectivity index (χ3v) is 5.16. The lowest BCUT2D eigenvalue weighted by Crippen LogP contribution is -2.32. The van der Waals surface area contributed by atoms with E-state index in [4.69, 9.17) is 0 Å². The lowest BCUT2D eigenvalue weighted by atomic mass is 10.2. The zero-order valence-corrected chi connectivity index (χ0v) is 14.9. The average Bonchev–Trinajstić information content (AvgIpc) is 2.57. The molecule has 3 rings (SSSR count). The summed E-state index contributed by atoms with van der Waals surface area (Å²) in [7, 11) is 5.68. The van der Waals surface area contributed by atoms with Gasteiger partial charge in [0.2, 0.25) is 0 Å². The fourth-order valence-corrected chi connectivity index (χ4v) is 3.90. The van der Waals surface area contributed by atoms with E-state index in [1.165, 1.54) is 9.80 Å². The molecular formula is C18H21N3O2S. The summed E-state index contributed by atoms with van der Waals surface area (Å²) in [5.41, 5.74) is 2.80. The molecule has 0 fully saturated rings. The van der Waals surface area contributed by atoms with Crippen LogP contribution in [0.1, 0.15) is 0 Å². The molecule has 0 atom stereocenters. The van der Waals surface area contributed by atoms with Gasteiger partial charge in [-0.1, -0.05) is 30.0 Å². The third-order valence-electron chi connectivity index (χ3n) is 4.04. The Morgan fingerprint density at radius 1 is 1.08 bits per heavy atom. The minimum atomic E-state index is -0.959. The minimum Gasteiger partial charge on any atom is -0.465 e. The Morgan fingerprint density at radius 2 is 1.79 bits per heavy atom. The lowest BCUT2D eigenvalue weighted by molar-refractivity contribution is 0.203. The molecule has 126 valence electrons. The first-order valence-electron chi connectivity index (χ1n) is 7.78. The van der Waals surface area contributed by atoms with E-state index in [2.05, 4.69) is 28.0 Å². The van der Waals surface area contributed by atoms with Crippen LogP contribution in [0.3, 0.4) is 0 Å². The van der Waals surface area contributed by atoms with E-state index in [1.807, 2.05) is 38.4 Å². The summed E-state index contributed by atoms with van der Waals surface area (Å²) in [5.74, 6) is 0. The maximum atomic E-state index is 11.5. The molecule has 5 nitrogen and oxygen atoms in total. The Kier molecular flexibility index (Phi) is 4.69. The monoisotopic (exact) mass is 343 g/mol. The highest BCUT2D eigenvalue weighted by atomic mass is 32.2. The Hall–Kier alpha value is -2.18. The zero-order chi connectivity index (χ0) is 17.3. The molecular weight excluding hydrogens is 322 g/mol. The fraction of sp³-hybridized carbons (Fsp3) is 0.278. The van der Waals surface area contributed by atoms with Crippen LogP contribution in [0.15, 0.2) is 52.3 Å². The number of carbonyl (C=O) groups is 1. The van der Waals surface area contributed by atoms with Gasteiger partial charge >= 0.3 is 6.09 Å². The van der Waals surface area contributed by atoms with Gasteiger partial charge in [-0.25, -0.2) is 4.79 Å². The van der Waals surface area contributed by atoms with E-state index in [0.717, 1.165) is 29.4 Å². The second-order valence-corrected chi connectivity index (χ2v) is 7.07. The summed E-state index contributed by atoms with van der Waals surface area (Å²) >= 11 is 1.69. The molecule has 1 N–H and O–H groups in total. The van der Waals surface area contributed by atoms with Gasteiger partial charge in [0, 0.05) is 29.9 Å². The zero-order valence-electron chi connectivity index (χ0n) is 14.1. The fourth-order valence-electron chi connectivity index (χ4n) is 2.78. The smallest absolute Gasteiger partial charge is 0.411 e. The van der Waals surface area contributed by atoms with Crippen molar-refractivity contribution >= 4 is 34.9 Å². The van der Waals surface area contributed by atoms with Crippen molar-refractivity contribution in [3.8, 4) is 0 Å². The summed E-state index contributed by atoms with van der Waals surface area (Å²) in [5, 5.41) is 9.43. The van der Waals surface area contributed by atoms with E-state index in [9.17, 15) is 9.90 Å². The number of fused-ring (bicyclic) bond motifs is 2. The second kappa shape index (κ2) is 6.75. The highest BCUT2D eigenvalue weighted by Gasteiger charge is 2.28. The van der Waals surface area contributed by atoms with Crippen LogP contribution in [0, 0.1) is 0 Å². The van der Waals surface area contributed by atoms with Gasteiger partial charge in [0.25, 0.3) is 0 Å². The molecule has 0 aliphatic carbocycles. The van der Waals surface area contributed by atoms with Crippen molar-refractivity contribution in [2.24, 2.45) is 0 Å². The number of nitrogens with zero attached hydrogens (tertiary/aromatic N) is 3. The molecule has 0 radical (unpaired) electrons. The molecule has 0 aromatic heterocycles. The van der Waals surface area contributed by atoms with Crippen molar-refractivity contribution in [3.05, 3.63) is 42.5 Å². The number of para-hydroxylation sites is 2. The van der Waals surface area contributed by atoms with Gasteiger partial charge < -0.3 is 14.9 Å². The molecule has 0 unspecified atom stereocenters. The Morgan fingerprint density at radius 3 is 2.50 bits per heavy atom. The molecule has 1 heterocycles. The molecule has 24 heavy (non-hydrogen) atoms. The molecule has 1 amide bonds. The van der Waals surface area contributed by atoms with Gasteiger partial charge in [0.1, 0.15) is 0 Å². The van der Waals surface area contributed by atoms with Crippen molar-refractivity contribution in [2.45, 2.75) is 9.79 Å². The second-order valence-electron chi connectivity index (χ2n) is 5.99. The van der Waals surface area contributed by atoms with Crippen molar-refractivity contribution < 1.29 is 9.90 Å². The van der Waals surface area contributed by atoms with Gasteiger partial charge in [0.15, 0.2) is 0 Å². The van der Waals surface area contributed by atoms with Crippen LogP contribution in [-0.2, 0) is 0 Å². The Labute approximate surface area is 146 Å². The van der Waals surface area contributed by atoms with Gasteiger partial charge in [-0.15, -0.1) is 0 Å². The van der Waals surface area contributed by atoms with E-state index >= 15 is 0 Å². The lowest BCUT2D eigenvalue weighted by Gasteiger charge is -2.36. The molecule has 2 aromatic rings. The average molecular weight is 343 g/mol. The topological polar surface area (TPSA) is 47.0 Å². The van der Waals surface area contributed by atoms with Crippen LogP contribution >= 0.6 is 11.8 Å². The number of rotatable bonds is 4. The highest BCUT2D eigenvalue weighted by molar-refractivity contribution is 7.99. The molecule has 0 saturated carbocycles. The molecule has 1 aliphatic heterocycles. The number of carboxylic acid groups (broad SMARTS) is 1. The SMILES string of the molecule is CN(C)CCN1c2ccccc2Sc2cccc(N(C)C(=O)O)c21. The maximum absolute atomic E-state index is 11.5. The van der Waals surface area contributed by atoms with Crippen LogP contribution in [0.5, 0.6) is 0 Å². The van der Waals surface area contributed by atoms with E-state index in [1.54, 1.807) is 18.8 Å². The number of anilines is 3. The van der Waals surface area contributed by atoms with Gasteiger partial charge in [-0.05, 0) is 38.4 Å². The van der Waals surface area contributed by atoms with Gasteiger partial charge in [0.05, 0.1) is 17.1 Å². The maximum Gasteiger partial charge on any atom is 0.411 e. The Balaban J connectivity index is 2.12. The summed E-state index contributed by atoms with van der Waals surface area (Å²) in [6, 6.07) is 14.1. The van der Waals surface area contributed by atoms with E-state index in [0.29, 0.717) is 5.69 Å². The van der Waals surface area contributed by atoms with Crippen molar-refractivity contribution in [1.29, 1.82) is 0 Å². The van der Waals surface area contributed by atoms with Crippen LogP contribution in [-0.4, -0.2) is 50.3 Å². The predicted molar refractivity (Wildman–Crippen MR) is 99.0 cm³/mol. The standard InChI is InChI=1S/C18H21N3O2S/c1-19(2)11-12-21-13-7-4-5-9-15(13)24-16-10-6-8-14(17(16)21)20(3)18(22)23/h4-10H,11-12H2,1-3H3,(H,22,23). The van der Waals surface area contributed by atoms with Crippen molar-refractivity contribution in [1.82, 2.24) is 4.90 Å². The highest BCUT2D eigenvalue weighted by Crippen LogP contribution is 2.51. The first-order valence-corrected chi connectivity index (χ1v) is 8.59. The van der Waals surface area contributed by atoms with E-state index in [-0.39, 0.29) is 0 Å². The predicted octanol–water partition coefficient (Wildman–Crippen LogP) is 3.97. The molecule has 0 saturated heterocycles. The van der Waals surface area contributed by atoms with Crippen LogP contribution in [0.2, 0.25) is 0 Å². The first kappa shape index (κ1) is 16.7. The quantitative estimate of drug-likeness (QED) is 0.910. The van der Waals surface area contributed by atoms with E-state index < -0.39 is 6.09 Å². The molecule has 2 aromatic carbocycles. The van der Waals surface area contributed by atoms with Crippen molar-refractivity contribution in [3.63, 3.8) is 0 Å². The molecule has 0 bridgehead atoms. The molecule has 0 spiro atoms. The first-order chi connectivity index (χ1) is 11.5. The van der Waals surface area contributed by atoms with Gasteiger partial charge in [-0.3, -0.25) is 4.90 Å². The number of amides is 1. The minimum absolute atomic E-state index is 0.709. The summed E-state index contributed by atoms with van der Waals surface area (Å²) in [6.45, 7) is 1.67. The summed E-state index contributed by atoms with van der Waals surface area (Å²) in [6.07, 6.45) is -0.959. The van der Waals surface area contributed by atoms with Crippen molar-refractivity contribution in [2.75, 3.05) is 44.0 Å². The number of hydrogen-bond acceptors (Lipinski definition) is 4. The Bertz CT molecular complexity index is 764. The summed E-state index contributed by atoms with van der Waals surface area (Å²) in [4.78, 5) is 19.4. The summed E-state index contributed by atoms with van der Waals surface area (Å²) < 4.78 is 0. The van der Waals surface area contributed by atoms with Gasteiger partial charge in [-0.2, -0.15) is 0 Å². The number of benzene rings is 2. The third kappa shape index (κ3) is 3.07. The van der Waals surface area contributed by atoms with Crippen LogP contribution in [0.25, 0.3) is 0 Å². The van der Waals surface area contributed by atoms with Crippen LogP contribution in [0.4, 0.5) is 21.9 Å².